The zero-order chi connectivity index (χ0) is 28.4. The molecule has 6 heteroatoms. The van der Waals surface area contributed by atoms with E-state index >= 15 is 0 Å². The van der Waals surface area contributed by atoms with E-state index in [2.05, 4.69) is 24.3 Å². The van der Waals surface area contributed by atoms with Crippen molar-refractivity contribution >= 4 is 43.1 Å². The van der Waals surface area contributed by atoms with Gasteiger partial charge in [0, 0.05) is 109 Å². The Kier molecular flexibility index (Phi) is 21.4. The minimum Gasteiger partial charge on any atom is -0.507 e. The van der Waals surface area contributed by atoms with Crippen molar-refractivity contribution in [2.45, 2.75) is 34.6 Å². The SMILES string of the molecule is CC.CC.CCOc1c2ccccc2c(OC)c2ccccc12.Oc1c2ccccc2c(O)c2ccccc12.[CH3-].[CH3-].[Y].[Y]. The van der Waals surface area contributed by atoms with Crippen molar-refractivity contribution in [1.82, 2.24) is 0 Å². The molecule has 0 amide bonds. The number of rotatable bonds is 3. The van der Waals surface area contributed by atoms with Crippen molar-refractivity contribution < 1.29 is 85.1 Å². The predicted octanol–water partition coefficient (Wildman–Crippen LogP) is 10.8. The van der Waals surface area contributed by atoms with Gasteiger partial charge in [-0.2, -0.15) is 0 Å². The molecule has 0 aliphatic carbocycles. The van der Waals surface area contributed by atoms with Crippen LogP contribution >= 0.6 is 0 Å². The molecule has 6 aromatic carbocycles. The predicted molar refractivity (Wildman–Crippen MR) is 179 cm³/mol. The van der Waals surface area contributed by atoms with Crippen molar-refractivity contribution in [2.24, 2.45) is 0 Å². The fourth-order valence-electron chi connectivity index (χ4n) is 4.65. The molecule has 6 rings (SSSR count). The molecule has 0 heterocycles. The molecule has 0 aromatic heterocycles. The maximum absolute atomic E-state index is 10.1. The van der Waals surface area contributed by atoms with E-state index in [1.54, 1.807) is 31.4 Å². The summed E-state index contributed by atoms with van der Waals surface area (Å²) in [7, 11) is 1.72. The van der Waals surface area contributed by atoms with Crippen molar-refractivity contribution in [3.63, 3.8) is 0 Å². The molecule has 0 saturated carbocycles. The van der Waals surface area contributed by atoms with Gasteiger partial charge in [0.25, 0.3) is 0 Å². The van der Waals surface area contributed by atoms with Crippen molar-refractivity contribution in [3.8, 4) is 23.0 Å². The monoisotopic (exact) mass is 730 g/mol. The molecule has 0 bridgehead atoms. The first-order valence-electron chi connectivity index (χ1n) is 13.6. The van der Waals surface area contributed by atoms with Crippen LogP contribution < -0.4 is 9.47 Å². The topological polar surface area (TPSA) is 58.9 Å². The van der Waals surface area contributed by atoms with E-state index in [1.165, 1.54) is 0 Å². The Bertz CT molecular complexity index is 1510. The number of aromatic hydroxyl groups is 2. The first-order chi connectivity index (χ1) is 19.2. The number of phenolic OH excluding ortho intramolecular Hbond substituents is 2. The number of ether oxygens (including phenoxy) is 2. The molecular formula is C37H44O4Y2-2. The molecule has 0 aliphatic rings. The zero-order valence-corrected chi connectivity index (χ0v) is 32.5. The smallest absolute Gasteiger partial charge is 0.135 e. The Balaban J connectivity index is 0. The molecule has 0 saturated heterocycles. The third kappa shape index (κ3) is 9.14. The van der Waals surface area contributed by atoms with Crippen LogP contribution in [0.3, 0.4) is 0 Å². The number of hydrogen-bond donors (Lipinski definition) is 2. The Hall–Kier alpha value is -2.23. The quantitative estimate of drug-likeness (QED) is 0.108. The van der Waals surface area contributed by atoms with Gasteiger partial charge in [-0.05, 0) is 6.92 Å². The number of hydrogen-bond acceptors (Lipinski definition) is 4. The maximum Gasteiger partial charge on any atom is 0.135 e. The number of fused-ring (bicyclic) bond motifs is 4. The Labute approximate surface area is 308 Å². The zero-order valence-electron chi connectivity index (χ0n) is 26.8. The van der Waals surface area contributed by atoms with Gasteiger partial charge in [-0.3, -0.25) is 0 Å². The largest absolute Gasteiger partial charge is 0.507 e. The van der Waals surface area contributed by atoms with Gasteiger partial charge in [-0.1, -0.05) is 125 Å². The summed E-state index contributed by atoms with van der Waals surface area (Å²) in [5.74, 6) is 2.30. The summed E-state index contributed by atoms with van der Waals surface area (Å²) < 4.78 is 11.5. The van der Waals surface area contributed by atoms with E-state index in [0.29, 0.717) is 28.2 Å². The van der Waals surface area contributed by atoms with E-state index in [0.717, 1.165) is 33.0 Å². The molecule has 0 unspecified atom stereocenters. The second-order valence-electron chi connectivity index (χ2n) is 8.17. The molecule has 0 spiro atoms. The van der Waals surface area contributed by atoms with Crippen molar-refractivity contribution in [2.75, 3.05) is 13.7 Å². The summed E-state index contributed by atoms with van der Waals surface area (Å²) in [4.78, 5) is 0. The third-order valence-electron chi connectivity index (χ3n) is 6.20. The summed E-state index contributed by atoms with van der Waals surface area (Å²) >= 11 is 0. The van der Waals surface area contributed by atoms with Gasteiger partial charge >= 0.3 is 0 Å². The van der Waals surface area contributed by atoms with Gasteiger partial charge in [-0.25, -0.2) is 0 Å². The summed E-state index contributed by atoms with van der Waals surface area (Å²) in [5.41, 5.74) is 0. The fraction of sp³-hybridized carbons (Fsp3) is 0.189. The summed E-state index contributed by atoms with van der Waals surface area (Å²) in [6.45, 7) is 10.7. The van der Waals surface area contributed by atoms with Crippen LogP contribution in [0.25, 0.3) is 43.1 Å². The normalized spacial score (nSPS) is 9.16. The van der Waals surface area contributed by atoms with Crippen LogP contribution in [-0.4, -0.2) is 23.9 Å². The standard InChI is InChI=1S/C17H16O2.C14H10O2.2C2H6.2CH3.2Y/c1-3-19-17-14-10-6-4-8-12(14)16(18-2)13-9-5-7-11-15(13)17;15-13-9-5-1-2-6-10(9)14(16)12-8-4-3-7-11(12)13;2*1-2;;;;/h4-11H,3H2,1-2H3;1-8,15-16H;2*1-2H3;2*1H3;;/q;;;;2*-1;;. The summed E-state index contributed by atoms with van der Waals surface area (Å²) in [6, 6.07) is 31.0. The molecule has 2 radical (unpaired) electrons. The molecule has 4 nitrogen and oxygen atoms in total. The number of methoxy groups -OCH3 is 1. The van der Waals surface area contributed by atoms with Crippen LogP contribution in [0, 0.1) is 14.9 Å². The van der Waals surface area contributed by atoms with Gasteiger partial charge < -0.3 is 34.5 Å². The van der Waals surface area contributed by atoms with E-state index in [9.17, 15) is 10.2 Å². The van der Waals surface area contributed by atoms with Gasteiger partial charge in [0.2, 0.25) is 0 Å². The molecule has 0 atom stereocenters. The van der Waals surface area contributed by atoms with Gasteiger partial charge in [0.15, 0.2) is 0 Å². The van der Waals surface area contributed by atoms with Crippen LogP contribution in [0.5, 0.6) is 23.0 Å². The average Bonchev–Trinajstić information content (AvgIpc) is 3.02. The second kappa shape index (κ2) is 21.5. The average molecular weight is 731 g/mol. The minimum absolute atomic E-state index is 0. The van der Waals surface area contributed by atoms with E-state index in [4.69, 9.17) is 9.47 Å². The van der Waals surface area contributed by atoms with Crippen molar-refractivity contribution in [3.05, 3.63) is 112 Å². The van der Waals surface area contributed by atoms with Gasteiger partial charge in [0.05, 0.1) is 13.7 Å². The van der Waals surface area contributed by atoms with Crippen LogP contribution in [0.4, 0.5) is 0 Å². The Morgan fingerprint density at radius 1 is 0.465 bits per heavy atom. The Morgan fingerprint density at radius 2 is 0.698 bits per heavy atom. The minimum atomic E-state index is 0. The molecule has 0 fully saturated rings. The van der Waals surface area contributed by atoms with E-state index < -0.39 is 0 Å². The number of benzene rings is 6. The number of phenols is 2. The second-order valence-corrected chi connectivity index (χ2v) is 8.17. The van der Waals surface area contributed by atoms with Crippen LogP contribution in [0.15, 0.2) is 97.1 Å². The van der Waals surface area contributed by atoms with Gasteiger partial charge in [-0.15, -0.1) is 0 Å². The molecule has 0 aliphatic heterocycles. The molecule has 2 N–H and O–H groups in total. The molecular weight excluding hydrogens is 686 g/mol. The molecule has 6 aromatic rings. The molecule has 43 heavy (non-hydrogen) atoms. The van der Waals surface area contributed by atoms with E-state index in [1.807, 2.05) is 83.1 Å². The Morgan fingerprint density at radius 3 is 0.930 bits per heavy atom. The van der Waals surface area contributed by atoms with Crippen LogP contribution in [0.1, 0.15) is 34.6 Å². The maximum atomic E-state index is 10.1. The van der Waals surface area contributed by atoms with Crippen LogP contribution in [-0.2, 0) is 65.4 Å². The van der Waals surface area contributed by atoms with Crippen LogP contribution in [0.2, 0.25) is 0 Å². The third-order valence-corrected chi connectivity index (χ3v) is 6.20. The first-order valence-corrected chi connectivity index (χ1v) is 13.6. The molecule has 224 valence electrons. The van der Waals surface area contributed by atoms with Crippen molar-refractivity contribution in [1.29, 1.82) is 0 Å². The van der Waals surface area contributed by atoms with Gasteiger partial charge in [0.1, 0.15) is 23.0 Å². The first kappa shape index (κ1) is 42.9. The summed E-state index contributed by atoms with van der Waals surface area (Å²) in [6.07, 6.45) is 0. The van der Waals surface area contributed by atoms with E-state index in [-0.39, 0.29) is 91.8 Å². The fourth-order valence-corrected chi connectivity index (χ4v) is 4.65. The summed E-state index contributed by atoms with van der Waals surface area (Å²) in [5, 5.41) is 27.3.